The second-order valence-electron chi connectivity index (χ2n) is 2.91. The van der Waals surface area contributed by atoms with Crippen LogP contribution in [0.4, 0.5) is 5.69 Å². The van der Waals surface area contributed by atoms with E-state index in [1.807, 2.05) is 12.1 Å². The van der Waals surface area contributed by atoms with Gasteiger partial charge < -0.3 is 10.6 Å². The Kier molecular flexibility index (Phi) is 1.98. The third-order valence-electron chi connectivity index (χ3n) is 2.15. The lowest BCUT2D eigenvalue weighted by Crippen LogP contribution is -2.23. The molecule has 0 radical (unpaired) electrons. The summed E-state index contributed by atoms with van der Waals surface area (Å²) < 4.78 is 0. The number of halogens is 1. The molecule has 0 aromatic heterocycles. The number of fused-ring (bicyclic) bond motifs is 1. The van der Waals surface area contributed by atoms with Crippen LogP contribution in [-0.4, -0.2) is 13.0 Å². The lowest BCUT2D eigenvalue weighted by atomic mass is 10.1. The molecule has 2 rings (SSSR count). The largest absolute Gasteiger partial charge is 0.324 e. The average molecular weight is 197 g/mol. The van der Waals surface area contributed by atoms with Crippen molar-refractivity contribution < 1.29 is 4.79 Å². The molecule has 1 aliphatic heterocycles. The molecule has 1 aliphatic rings. The van der Waals surface area contributed by atoms with Crippen molar-refractivity contribution in [3.05, 3.63) is 28.8 Å². The van der Waals surface area contributed by atoms with Gasteiger partial charge in [-0.1, -0.05) is 17.7 Å². The highest BCUT2D eigenvalue weighted by molar-refractivity contribution is 6.32. The molecular weight excluding hydrogens is 188 g/mol. The minimum Gasteiger partial charge on any atom is -0.324 e. The number of carbonyl (C=O) groups excluding carboxylic acids is 1. The molecule has 0 aliphatic carbocycles. The summed E-state index contributed by atoms with van der Waals surface area (Å²) in [6.07, 6.45) is 0. The molecule has 1 unspecified atom stereocenters. The lowest BCUT2D eigenvalue weighted by Gasteiger charge is -2.07. The molecule has 1 heterocycles. The molecule has 0 bridgehead atoms. The summed E-state index contributed by atoms with van der Waals surface area (Å²) in [6, 6.07) is 5.13. The van der Waals surface area contributed by atoms with Crippen molar-refractivity contribution in [2.45, 2.75) is 6.04 Å². The minimum absolute atomic E-state index is 0.0504. The molecular formula is C9H9ClN2O. The fourth-order valence-electron chi connectivity index (χ4n) is 1.55. The van der Waals surface area contributed by atoms with Crippen LogP contribution < -0.4 is 10.6 Å². The normalized spacial score (nSPS) is 19.8. The van der Waals surface area contributed by atoms with Crippen LogP contribution in [0.25, 0.3) is 0 Å². The van der Waals surface area contributed by atoms with Crippen molar-refractivity contribution in [2.75, 3.05) is 12.4 Å². The van der Waals surface area contributed by atoms with Gasteiger partial charge in [0, 0.05) is 16.3 Å². The number of likely N-dealkylation sites (N-methyl/N-ethyl adjacent to an activating group) is 1. The number of hydrogen-bond donors (Lipinski definition) is 2. The Labute approximate surface area is 81.1 Å². The fraction of sp³-hybridized carbons (Fsp3) is 0.222. The van der Waals surface area contributed by atoms with Crippen LogP contribution in [-0.2, 0) is 4.79 Å². The number of carbonyl (C=O) groups is 1. The van der Waals surface area contributed by atoms with Crippen LogP contribution >= 0.6 is 11.6 Å². The van der Waals surface area contributed by atoms with E-state index in [1.54, 1.807) is 13.1 Å². The van der Waals surface area contributed by atoms with Crippen LogP contribution in [0.1, 0.15) is 11.6 Å². The van der Waals surface area contributed by atoms with Gasteiger partial charge in [0.15, 0.2) is 0 Å². The van der Waals surface area contributed by atoms with E-state index >= 15 is 0 Å². The predicted octanol–water partition coefficient (Wildman–Crippen LogP) is 1.55. The van der Waals surface area contributed by atoms with Gasteiger partial charge in [-0.05, 0) is 19.2 Å². The topological polar surface area (TPSA) is 41.1 Å². The SMILES string of the molecule is CNC1C(=O)Nc2cccc(Cl)c21. The summed E-state index contributed by atoms with van der Waals surface area (Å²) in [5.41, 5.74) is 1.65. The number of nitrogens with one attached hydrogen (secondary N) is 2. The monoisotopic (exact) mass is 196 g/mol. The van der Waals surface area contributed by atoms with Gasteiger partial charge in [0.1, 0.15) is 6.04 Å². The van der Waals surface area contributed by atoms with Crippen molar-refractivity contribution in [2.24, 2.45) is 0 Å². The molecule has 0 saturated carbocycles. The molecule has 1 atom stereocenters. The molecule has 13 heavy (non-hydrogen) atoms. The molecule has 0 spiro atoms. The van der Waals surface area contributed by atoms with Crippen molar-refractivity contribution >= 4 is 23.2 Å². The predicted molar refractivity (Wildman–Crippen MR) is 51.9 cm³/mol. The first-order valence-corrected chi connectivity index (χ1v) is 4.38. The van der Waals surface area contributed by atoms with Gasteiger partial charge in [0.2, 0.25) is 5.91 Å². The van der Waals surface area contributed by atoms with Gasteiger partial charge >= 0.3 is 0 Å². The number of amides is 1. The first-order chi connectivity index (χ1) is 6.24. The van der Waals surface area contributed by atoms with E-state index in [9.17, 15) is 4.79 Å². The Bertz CT molecular complexity index is 365. The van der Waals surface area contributed by atoms with Gasteiger partial charge in [-0.25, -0.2) is 0 Å². The maximum absolute atomic E-state index is 11.4. The third-order valence-corrected chi connectivity index (χ3v) is 2.48. The van der Waals surface area contributed by atoms with Gasteiger partial charge in [0.05, 0.1) is 0 Å². The zero-order valence-corrected chi connectivity index (χ0v) is 7.85. The van der Waals surface area contributed by atoms with E-state index in [2.05, 4.69) is 10.6 Å². The first kappa shape index (κ1) is 8.53. The summed E-state index contributed by atoms with van der Waals surface area (Å²) in [5, 5.41) is 6.29. The average Bonchev–Trinajstić information content (AvgIpc) is 2.42. The fourth-order valence-corrected chi connectivity index (χ4v) is 1.83. The Balaban J connectivity index is 2.55. The highest BCUT2D eigenvalue weighted by Gasteiger charge is 2.30. The van der Waals surface area contributed by atoms with E-state index in [0.717, 1.165) is 11.3 Å². The summed E-state index contributed by atoms with van der Waals surface area (Å²) >= 11 is 5.98. The maximum atomic E-state index is 11.4. The molecule has 68 valence electrons. The van der Waals surface area contributed by atoms with Gasteiger partial charge in [-0.15, -0.1) is 0 Å². The van der Waals surface area contributed by atoms with Crippen molar-refractivity contribution in [1.29, 1.82) is 0 Å². The first-order valence-electron chi connectivity index (χ1n) is 4.00. The number of rotatable bonds is 1. The summed E-state index contributed by atoms with van der Waals surface area (Å²) in [7, 11) is 1.74. The highest BCUT2D eigenvalue weighted by atomic mass is 35.5. The van der Waals surface area contributed by atoms with E-state index in [0.29, 0.717) is 5.02 Å². The molecule has 1 amide bonds. The second-order valence-corrected chi connectivity index (χ2v) is 3.32. The molecule has 1 aromatic carbocycles. The summed E-state index contributed by atoms with van der Waals surface area (Å²) in [4.78, 5) is 11.4. The molecule has 4 heteroatoms. The van der Waals surface area contributed by atoms with Gasteiger partial charge in [0.25, 0.3) is 0 Å². The third kappa shape index (κ3) is 1.20. The highest BCUT2D eigenvalue weighted by Crippen LogP contribution is 2.35. The molecule has 0 saturated heterocycles. The lowest BCUT2D eigenvalue weighted by molar-refractivity contribution is -0.117. The molecule has 2 N–H and O–H groups in total. The standard InChI is InChI=1S/C9H9ClN2O/c1-11-8-7-5(10)3-2-4-6(7)12-9(8)13/h2-4,8,11H,1H3,(H,12,13). The molecule has 3 nitrogen and oxygen atoms in total. The van der Waals surface area contributed by atoms with Crippen molar-refractivity contribution in [3.8, 4) is 0 Å². The Hall–Kier alpha value is -1.06. The van der Waals surface area contributed by atoms with Crippen LogP contribution in [0.3, 0.4) is 0 Å². The summed E-state index contributed by atoms with van der Waals surface area (Å²) in [5.74, 6) is -0.0504. The molecule has 0 fully saturated rings. The smallest absolute Gasteiger partial charge is 0.246 e. The second kappa shape index (κ2) is 3.01. The van der Waals surface area contributed by atoms with Crippen LogP contribution in [0.2, 0.25) is 5.02 Å². The van der Waals surface area contributed by atoms with Crippen LogP contribution in [0.5, 0.6) is 0 Å². The Morgan fingerprint density at radius 3 is 3.00 bits per heavy atom. The van der Waals surface area contributed by atoms with Gasteiger partial charge in [-0.3, -0.25) is 4.79 Å². The van der Waals surface area contributed by atoms with Crippen molar-refractivity contribution in [3.63, 3.8) is 0 Å². The summed E-state index contributed by atoms with van der Waals surface area (Å²) in [6.45, 7) is 0. The van der Waals surface area contributed by atoms with Crippen molar-refractivity contribution in [1.82, 2.24) is 5.32 Å². The minimum atomic E-state index is -0.316. The zero-order valence-electron chi connectivity index (χ0n) is 7.10. The van der Waals surface area contributed by atoms with E-state index in [-0.39, 0.29) is 11.9 Å². The number of hydrogen-bond acceptors (Lipinski definition) is 2. The number of anilines is 1. The maximum Gasteiger partial charge on any atom is 0.246 e. The van der Waals surface area contributed by atoms with E-state index < -0.39 is 0 Å². The van der Waals surface area contributed by atoms with Crippen LogP contribution in [0.15, 0.2) is 18.2 Å². The van der Waals surface area contributed by atoms with Gasteiger partial charge in [-0.2, -0.15) is 0 Å². The van der Waals surface area contributed by atoms with E-state index in [1.165, 1.54) is 0 Å². The Morgan fingerprint density at radius 1 is 1.54 bits per heavy atom. The molecule has 1 aromatic rings. The zero-order chi connectivity index (χ0) is 9.42. The van der Waals surface area contributed by atoms with Crippen LogP contribution in [0, 0.1) is 0 Å². The quantitative estimate of drug-likeness (QED) is 0.716. The number of benzene rings is 1. The Morgan fingerprint density at radius 2 is 2.31 bits per heavy atom. The van der Waals surface area contributed by atoms with E-state index in [4.69, 9.17) is 11.6 Å².